The molecule has 1 rings (SSSR count). The van der Waals surface area contributed by atoms with Crippen LogP contribution in [-0.4, -0.2) is 14.1 Å². The molecule has 0 atom stereocenters. The molecule has 1 aromatic carbocycles. The number of nitrogens with zero attached hydrogens (tertiary/aromatic N) is 1. The van der Waals surface area contributed by atoms with E-state index in [2.05, 4.69) is 29.3 Å². The summed E-state index contributed by atoms with van der Waals surface area (Å²) in [5.74, 6) is 0. The molecule has 0 fully saturated rings. The molecule has 0 radical (unpaired) electrons. The fourth-order valence-electron chi connectivity index (χ4n) is 0.987. The Labute approximate surface area is 73.6 Å². The fraction of sp³-hybridized carbons (Fsp3) is 0.182. The van der Waals surface area contributed by atoms with E-state index in [1.165, 1.54) is 5.69 Å². The van der Waals surface area contributed by atoms with Crippen LogP contribution < -0.4 is 4.90 Å². The highest BCUT2D eigenvalue weighted by molar-refractivity contribution is 5.54. The second kappa shape index (κ2) is 3.80. The van der Waals surface area contributed by atoms with Crippen molar-refractivity contribution < 1.29 is 0 Å². The molecular weight excluding hydrogens is 146 g/mol. The van der Waals surface area contributed by atoms with Crippen LogP contribution in [0, 0.1) is 0 Å². The Bertz CT molecular complexity index is 289. The summed E-state index contributed by atoms with van der Waals surface area (Å²) in [5.41, 5.74) is 5.08. The summed E-state index contributed by atoms with van der Waals surface area (Å²) < 4.78 is 0. The standard InChI is InChI=1S/C11H13N/c1-4-5-10-6-8-11(9-7-10)12(2)3/h5-9H,1H2,2-3H3. The van der Waals surface area contributed by atoms with Gasteiger partial charge in [-0.05, 0) is 23.8 Å². The van der Waals surface area contributed by atoms with Gasteiger partial charge < -0.3 is 4.90 Å². The van der Waals surface area contributed by atoms with Gasteiger partial charge in [-0.15, -0.1) is 5.73 Å². The van der Waals surface area contributed by atoms with Crippen LogP contribution in [0.2, 0.25) is 0 Å². The van der Waals surface area contributed by atoms with E-state index in [1.807, 2.05) is 32.3 Å². The maximum atomic E-state index is 3.52. The average molecular weight is 159 g/mol. The summed E-state index contributed by atoms with van der Waals surface area (Å²) in [6.07, 6.45) is 1.86. The second-order valence-corrected chi connectivity index (χ2v) is 2.83. The van der Waals surface area contributed by atoms with Crippen molar-refractivity contribution in [3.63, 3.8) is 0 Å². The smallest absolute Gasteiger partial charge is 0.0361 e. The Morgan fingerprint density at radius 2 is 1.83 bits per heavy atom. The van der Waals surface area contributed by atoms with Crippen LogP contribution in [0.1, 0.15) is 5.56 Å². The van der Waals surface area contributed by atoms with Gasteiger partial charge in [0.05, 0.1) is 0 Å². The van der Waals surface area contributed by atoms with Gasteiger partial charge >= 0.3 is 0 Å². The molecular formula is C11H13N. The van der Waals surface area contributed by atoms with E-state index >= 15 is 0 Å². The topological polar surface area (TPSA) is 3.24 Å². The minimum Gasteiger partial charge on any atom is -0.378 e. The third-order valence-corrected chi connectivity index (χ3v) is 1.68. The Balaban J connectivity index is 2.92. The molecule has 1 aromatic rings. The van der Waals surface area contributed by atoms with Gasteiger partial charge in [0, 0.05) is 19.8 Å². The van der Waals surface area contributed by atoms with Crippen molar-refractivity contribution >= 4 is 11.8 Å². The molecule has 0 aliphatic heterocycles. The van der Waals surface area contributed by atoms with Crippen molar-refractivity contribution in [3.05, 3.63) is 42.1 Å². The largest absolute Gasteiger partial charge is 0.378 e. The molecule has 0 saturated heterocycles. The molecule has 62 valence electrons. The van der Waals surface area contributed by atoms with Gasteiger partial charge in [0.1, 0.15) is 0 Å². The summed E-state index contributed by atoms with van der Waals surface area (Å²) in [4.78, 5) is 2.07. The minimum absolute atomic E-state index is 1.13. The van der Waals surface area contributed by atoms with Gasteiger partial charge in [0.2, 0.25) is 0 Å². The van der Waals surface area contributed by atoms with Crippen LogP contribution in [0.15, 0.2) is 36.6 Å². The van der Waals surface area contributed by atoms with E-state index in [-0.39, 0.29) is 0 Å². The number of rotatable bonds is 2. The highest BCUT2D eigenvalue weighted by atomic mass is 15.1. The Kier molecular flexibility index (Phi) is 2.73. The molecule has 0 N–H and O–H groups in total. The van der Waals surface area contributed by atoms with Crippen LogP contribution >= 0.6 is 0 Å². The minimum atomic E-state index is 1.13. The first-order valence-electron chi connectivity index (χ1n) is 3.87. The third kappa shape index (κ3) is 2.01. The Morgan fingerprint density at radius 1 is 1.25 bits per heavy atom. The molecule has 0 heterocycles. The predicted molar refractivity (Wildman–Crippen MR) is 54.4 cm³/mol. The van der Waals surface area contributed by atoms with Crippen molar-refractivity contribution in [3.8, 4) is 0 Å². The lowest BCUT2D eigenvalue weighted by Crippen LogP contribution is -2.07. The van der Waals surface area contributed by atoms with Crippen molar-refractivity contribution in [1.29, 1.82) is 0 Å². The number of hydrogen-bond acceptors (Lipinski definition) is 1. The lowest BCUT2D eigenvalue weighted by Gasteiger charge is -2.11. The Morgan fingerprint density at radius 3 is 2.25 bits per heavy atom. The van der Waals surface area contributed by atoms with Gasteiger partial charge in [0.15, 0.2) is 0 Å². The van der Waals surface area contributed by atoms with Crippen LogP contribution in [0.4, 0.5) is 5.69 Å². The molecule has 0 spiro atoms. The highest BCUT2D eigenvalue weighted by Gasteiger charge is 1.92. The summed E-state index contributed by atoms with van der Waals surface area (Å²) in [6.45, 7) is 3.52. The van der Waals surface area contributed by atoms with Crippen molar-refractivity contribution in [1.82, 2.24) is 0 Å². The van der Waals surface area contributed by atoms with Gasteiger partial charge in [-0.2, -0.15) is 0 Å². The summed E-state index contributed by atoms with van der Waals surface area (Å²) in [7, 11) is 4.05. The SMILES string of the molecule is C=C=Cc1ccc(N(C)C)cc1. The lowest BCUT2D eigenvalue weighted by atomic mass is 10.2. The van der Waals surface area contributed by atoms with E-state index in [0.717, 1.165) is 5.56 Å². The van der Waals surface area contributed by atoms with E-state index in [0.29, 0.717) is 0 Å². The molecule has 0 aliphatic carbocycles. The van der Waals surface area contributed by atoms with E-state index in [9.17, 15) is 0 Å². The van der Waals surface area contributed by atoms with Crippen LogP contribution in [-0.2, 0) is 0 Å². The van der Waals surface area contributed by atoms with Crippen LogP contribution in [0.25, 0.3) is 6.08 Å². The molecule has 1 nitrogen and oxygen atoms in total. The fourth-order valence-corrected chi connectivity index (χ4v) is 0.987. The van der Waals surface area contributed by atoms with Crippen LogP contribution in [0.3, 0.4) is 0 Å². The molecule has 0 aliphatic rings. The van der Waals surface area contributed by atoms with Gasteiger partial charge in [-0.25, -0.2) is 0 Å². The van der Waals surface area contributed by atoms with E-state index in [4.69, 9.17) is 0 Å². The van der Waals surface area contributed by atoms with E-state index in [1.54, 1.807) is 0 Å². The first kappa shape index (κ1) is 8.63. The number of hydrogen-bond donors (Lipinski definition) is 0. The molecule has 0 saturated carbocycles. The maximum Gasteiger partial charge on any atom is 0.0361 e. The Hall–Kier alpha value is -1.46. The normalized spacial score (nSPS) is 8.83. The molecule has 0 unspecified atom stereocenters. The first-order valence-corrected chi connectivity index (χ1v) is 3.87. The maximum absolute atomic E-state index is 3.52. The summed E-state index contributed by atoms with van der Waals surface area (Å²) in [5, 5.41) is 0. The number of benzene rings is 1. The first-order chi connectivity index (χ1) is 5.74. The van der Waals surface area contributed by atoms with Gasteiger partial charge in [-0.1, -0.05) is 18.7 Å². The highest BCUT2D eigenvalue weighted by Crippen LogP contribution is 2.12. The third-order valence-electron chi connectivity index (χ3n) is 1.68. The number of anilines is 1. The second-order valence-electron chi connectivity index (χ2n) is 2.83. The molecule has 0 amide bonds. The van der Waals surface area contributed by atoms with Crippen molar-refractivity contribution in [2.24, 2.45) is 0 Å². The van der Waals surface area contributed by atoms with Gasteiger partial charge in [0.25, 0.3) is 0 Å². The van der Waals surface area contributed by atoms with Crippen LogP contribution in [0.5, 0.6) is 0 Å². The van der Waals surface area contributed by atoms with Gasteiger partial charge in [-0.3, -0.25) is 0 Å². The molecule has 1 heteroatoms. The zero-order valence-electron chi connectivity index (χ0n) is 7.54. The molecule has 0 aromatic heterocycles. The lowest BCUT2D eigenvalue weighted by molar-refractivity contribution is 1.13. The average Bonchev–Trinajstić information content (AvgIpc) is 2.06. The summed E-state index contributed by atoms with van der Waals surface area (Å²) in [6, 6.07) is 8.24. The van der Waals surface area contributed by atoms with Crippen molar-refractivity contribution in [2.75, 3.05) is 19.0 Å². The van der Waals surface area contributed by atoms with E-state index < -0.39 is 0 Å². The zero-order valence-corrected chi connectivity index (χ0v) is 7.54. The quantitative estimate of drug-likeness (QED) is 0.599. The molecule has 0 bridgehead atoms. The zero-order chi connectivity index (χ0) is 8.97. The monoisotopic (exact) mass is 159 g/mol. The molecule has 12 heavy (non-hydrogen) atoms. The van der Waals surface area contributed by atoms with Crippen molar-refractivity contribution in [2.45, 2.75) is 0 Å². The summed E-state index contributed by atoms with van der Waals surface area (Å²) >= 11 is 0. The predicted octanol–water partition coefficient (Wildman–Crippen LogP) is 2.55.